The number of piperidine rings is 3. The zero-order valence-electron chi connectivity index (χ0n) is 16.6. The lowest BCUT2D eigenvalue weighted by Gasteiger charge is -2.54. The molecule has 1 aliphatic carbocycles. The van der Waals surface area contributed by atoms with Crippen LogP contribution in [0.2, 0.25) is 0 Å². The van der Waals surface area contributed by atoms with Crippen LogP contribution in [0.3, 0.4) is 0 Å². The summed E-state index contributed by atoms with van der Waals surface area (Å²) in [4.78, 5) is 3.03. The summed E-state index contributed by atoms with van der Waals surface area (Å²) in [5, 5.41) is 0. The summed E-state index contributed by atoms with van der Waals surface area (Å²) >= 11 is 0. The molecule has 6 heteroatoms. The van der Waals surface area contributed by atoms with Gasteiger partial charge >= 0.3 is 0 Å². The highest BCUT2D eigenvalue weighted by Crippen LogP contribution is 2.46. The quantitative estimate of drug-likeness (QED) is 0.728. The van der Waals surface area contributed by atoms with E-state index < -0.39 is 10.0 Å². The van der Waals surface area contributed by atoms with E-state index in [0.29, 0.717) is 35.1 Å². The van der Waals surface area contributed by atoms with E-state index in [0.717, 1.165) is 25.8 Å². The third kappa shape index (κ3) is 3.01. The van der Waals surface area contributed by atoms with Crippen molar-refractivity contribution in [3.8, 4) is 5.75 Å². The molecule has 4 atom stereocenters. The van der Waals surface area contributed by atoms with E-state index in [4.69, 9.17) is 4.74 Å². The largest absolute Gasteiger partial charge is 0.497 e. The second-order valence-corrected chi connectivity index (χ2v) is 10.7. The third-order valence-corrected chi connectivity index (χ3v) is 9.17. The summed E-state index contributed by atoms with van der Waals surface area (Å²) in [7, 11) is -1.91. The highest BCUT2D eigenvalue weighted by molar-refractivity contribution is 7.89. The maximum absolute atomic E-state index is 13.5. The first-order chi connectivity index (χ1) is 13.6. The van der Waals surface area contributed by atoms with Crippen LogP contribution in [0.25, 0.3) is 0 Å². The van der Waals surface area contributed by atoms with E-state index in [1.807, 2.05) is 4.31 Å². The normalized spacial score (nSPS) is 33.5. The van der Waals surface area contributed by atoms with Crippen molar-refractivity contribution < 1.29 is 13.2 Å². The lowest BCUT2D eigenvalue weighted by molar-refractivity contribution is 0.0149. The average molecular weight is 403 g/mol. The molecule has 2 bridgehead atoms. The van der Waals surface area contributed by atoms with Gasteiger partial charge in [-0.2, -0.15) is 4.31 Å². The minimum atomic E-state index is -3.50. The monoisotopic (exact) mass is 402 g/mol. The second-order valence-electron chi connectivity index (χ2n) is 8.80. The predicted octanol–water partition coefficient (Wildman–Crippen LogP) is 3.28. The number of ether oxygens (including phenoxy) is 1. The van der Waals surface area contributed by atoms with Crippen LogP contribution in [-0.2, 0) is 10.0 Å². The Bertz CT molecular complexity index is 864. The molecule has 0 aromatic heterocycles. The van der Waals surface area contributed by atoms with Gasteiger partial charge in [0.15, 0.2) is 0 Å². The predicted molar refractivity (Wildman–Crippen MR) is 109 cm³/mol. The fourth-order valence-electron chi connectivity index (χ4n) is 6.08. The Balaban J connectivity index is 1.48. The molecule has 0 radical (unpaired) electrons. The Morgan fingerprint density at radius 1 is 1.07 bits per heavy atom. The van der Waals surface area contributed by atoms with Crippen LogP contribution in [-0.4, -0.2) is 56.5 Å². The number of benzene rings is 1. The van der Waals surface area contributed by atoms with Crippen LogP contribution in [0, 0.1) is 11.8 Å². The van der Waals surface area contributed by atoms with Gasteiger partial charge in [-0.05, 0) is 74.8 Å². The first kappa shape index (κ1) is 18.6. The molecule has 3 aliphatic heterocycles. The van der Waals surface area contributed by atoms with Gasteiger partial charge in [-0.3, -0.25) is 4.90 Å². The number of hydrogen-bond donors (Lipinski definition) is 0. The van der Waals surface area contributed by atoms with E-state index in [1.165, 1.54) is 31.4 Å². The maximum atomic E-state index is 13.5. The lowest BCUT2D eigenvalue weighted by Crippen LogP contribution is -2.59. The van der Waals surface area contributed by atoms with Crippen molar-refractivity contribution in [2.24, 2.45) is 11.8 Å². The maximum Gasteiger partial charge on any atom is 0.243 e. The number of sulfonamides is 1. The topological polar surface area (TPSA) is 49.9 Å². The van der Waals surface area contributed by atoms with Crippen molar-refractivity contribution in [2.45, 2.75) is 55.5 Å². The second kappa shape index (κ2) is 7.15. The molecule has 152 valence electrons. The zero-order valence-corrected chi connectivity index (χ0v) is 17.4. The lowest BCUT2D eigenvalue weighted by atomic mass is 9.68. The van der Waals surface area contributed by atoms with Crippen LogP contribution in [0.1, 0.15) is 38.5 Å². The van der Waals surface area contributed by atoms with Gasteiger partial charge in [-0.1, -0.05) is 18.1 Å². The average Bonchev–Trinajstić information content (AvgIpc) is 2.73. The number of methoxy groups -OCH3 is 1. The van der Waals surface area contributed by atoms with Crippen molar-refractivity contribution in [1.29, 1.82) is 0 Å². The number of rotatable bonds is 3. The Hall–Kier alpha value is -1.37. The molecule has 3 heterocycles. The van der Waals surface area contributed by atoms with Crippen molar-refractivity contribution in [2.75, 3.05) is 26.7 Å². The minimum absolute atomic E-state index is 0.0416. The van der Waals surface area contributed by atoms with Crippen molar-refractivity contribution >= 4 is 10.0 Å². The smallest absolute Gasteiger partial charge is 0.243 e. The highest BCUT2D eigenvalue weighted by Gasteiger charge is 2.48. The molecular formula is C22H30N2O3S. The fraction of sp³-hybridized carbons (Fsp3) is 0.636. The summed E-state index contributed by atoms with van der Waals surface area (Å²) in [5.74, 6) is 1.73. The highest BCUT2D eigenvalue weighted by atomic mass is 32.2. The van der Waals surface area contributed by atoms with Crippen molar-refractivity contribution in [3.63, 3.8) is 0 Å². The molecule has 1 aromatic rings. The molecule has 4 aliphatic rings. The summed E-state index contributed by atoms with van der Waals surface area (Å²) in [6.45, 7) is 2.86. The van der Waals surface area contributed by atoms with Gasteiger partial charge in [0.05, 0.1) is 18.0 Å². The minimum Gasteiger partial charge on any atom is -0.497 e. The van der Waals surface area contributed by atoms with Crippen LogP contribution < -0.4 is 4.74 Å². The molecular weight excluding hydrogens is 372 g/mol. The van der Waals surface area contributed by atoms with E-state index in [-0.39, 0.29) is 6.04 Å². The summed E-state index contributed by atoms with van der Waals surface area (Å²) in [5.41, 5.74) is 1.38. The Morgan fingerprint density at radius 2 is 1.89 bits per heavy atom. The molecule has 0 unspecified atom stereocenters. The van der Waals surface area contributed by atoms with Gasteiger partial charge in [-0.25, -0.2) is 8.42 Å². The van der Waals surface area contributed by atoms with Gasteiger partial charge in [0.2, 0.25) is 10.0 Å². The first-order valence-corrected chi connectivity index (χ1v) is 12.1. The van der Waals surface area contributed by atoms with Crippen LogP contribution in [0.5, 0.6) is 5.75 Å². The van der Waals surface area contributed by atoms with Gasteiger partial charge < -0.3 is 4.74 Å². The molecule has 5 rings (SSSR count). The molecule has 0 N–H and O–H groups in total. The summed E-state index contributed by atoms with van der Waals surface area (Å²) in [6, 6.07) is 7.57. The van der Waals surface area contributed by atoms with E-state index in [9.17, 15) is 8.42 Å². The summed E-state index contributed by atoms with van der Waals surface area (Å²) < 4.78 is 34.1. The van der Waals surface area contributed by atoms with Crippen LogP contribution in [0.15, 0.2) is 40.8 Å². The standard InChI is InChI=1S/C22H30N2O3S/c1-27-19-7-9-20(10-8-19)28(25,26)24-12-4-5-16-13-17-14-18(22(16)24)15-23-11-3-2-6-21(17)23/h7-10,13,17-18,21-22H,2-6,11-12,14-15H2,1H3/t17-,18+,21+,22+/m0/s1. The van der Waals surface area contributed by atoms with E-state index >= 15 is 0 Å². The molecule has 28 heavy (non-hydrogen) atoms. The molecule has 0 spiro atoms. The molecule has 3 saturated heterocycles. The number of hydrogen-bond acceptors (Lipinski definition) is 4. The molecule has 5 nitrogen and oxygen atoms in total. The first-order valence-electron chi connectivity index (χ1n) is 10.7. The number of fused-ring (bicyclic) bond motifs is 6. The Morgan fingerprint density at radius 3 is 2.68 bits per heavy atom. The van der Waals surface area contributed by atoms with E-state index in [1.54, 1.807) is 31.4 Å². The number of nitrogens with zero attached hydrogens (tertiary/aromatic N) is 2. The van der Waals surface area contributed by atoms with Gasteiger partial charge in [0, 0.05) is 19.1 Å². The Kier molecular flexibility index (Phi) is 4.76. The molecule has 1 aromatic carbocycles. The van der Waals surface area contributed by atoms with Gasteiger partial charge in [0.1, 0.15) is 5.75 Å². The van der Waals surface area contributed by atoms with E-state index in [2.05, 4.69) is 11.0 Å². The fourth-order valence-corrected chi connectivity index (χ4v) is 7.80. The SMILES string of the molecule is COc1ccc(S(=O)(=O)N2CCCC3=C[C@H]4C[C@H](CN5CCCC[C@H]45)[C@@H]32)cc1. The van der Waals surface area contributed by atoms with Crippen molar-refractivity contribution in [1.82, 2.24) is 9.21 Å². The Labute approximate surface area is 168 Å². The third-order valence-electron chi connectivity index (χ3n) is 7.28. The molecule has 0 amide bonds. The summed E-state index contributed by atoms with van der Waals surface area (Å²) in [6.07, 6.45) is 9.52. The van der Waals surface area contributed by atoms with Crippen LogP contribution >= 0.6 is 0 Å². The van der Waals surface area contributed by atoms with Gasteiger partial charge in [0.25, 0.3) is 0 Å². The molecule has 3 fully saturated rings. The van der Waals surface area contributed by atoms with Crippen molar-refractivity contribution in [3.05, 3.63) is 35.9 Å². The van der Waals surface area contributed by atoms with Crippen LogP contribution in [0.4, 0.5) is 0 Å². The zero-order chi connectivity index (χ0) is 19.3. The molecule has 0 saturated carbocycles. The van der Waals surface area contributed by atoms with Gasteiger partial charge in [-0.15, -0.1) is 0 Å².